The lowest BCUT2D eigenvalue weighted by Crippen LogP contribution is -2.31. The molecule has 0 aliphatic carbocycles. The maximum atomic E-state index is 12.4. The van der Waals surface area contributed by atoms with Crippen molar-refractivity contribution in [3.05, 3.63) is 28.2 Å². The molecule has 17 heavy (non-hydrogen) atoms. The number of hydrogen-bond donors (Lipinski definition) is 2. The molecule has 1 aromatic rings. The molecular weight excluding hydrogens is 294 g/mol. The van der Waals surface area contributed by atoms with Gasteiger partial charge in [-0.05, 0) is 17.7 Å². The maximum Gasteiger partial charge on any atom is 0.255 e. The van der Waals surface area contributed by atoms with Gasteiger partial charge in [-0.15, -0.1) is 0 Å². The molecule has 1 rings (SSSR count). The third kappa shape index (κ3) is 4.22. The Hall–Kier alpha value is -0.720. The molecule has 0 radical (unpaired) electrons. The van der Waals surface area contributed by atoms with E-state index in [9.17, 15) is 8.78 Å². The molecule has 0 bridgehead atoms. The minimum absolute atomic E-state index is 0.164. The number of halogens is 3. The summed E-state index contributed by atoms with van der Waals surface area (Å²) in [5.41, 5.74) is 7.07. The number of nitrogens with zero attached hydrogens (tertiary/aromatic N) is 1. The Morgan fingerprint density at radius 1 is 1.41 bits per heavy atom. The highest BCUT2D eigenvalue weighted by Crippen LogP contribution is 2.24. The van der Waals surface area contributed by atoms with Crippen LogP contribution < -0.4 is 10.6 Å². The number of nitrogens with two attached hydrogens (primary N) is 1. The van der Waals surface area contributed by atoms with Crippen molar-refractivity contribution in [2.24, 2.45) is 5.73 Å². The van der Waals surface area contributed by atoms with Crippen molar-refractivity contribution in [1.82, 2.24) is 0 Å². The van der Waals surface area contributed by atoms with Crippen molar-refractivity contribution >= 4 is 21.6 Å². The van der Waals surface area contributed by atoms with E-state index >= 15 is 0 Å². The summed E-state index contributed by atoms with van der Waals surface area (Å²) in [4.78, 5) is 1.44. The van der Waals surface area contributed by atoms with Crippen LogP contribution in [0.4, 0.5) is 14.5 Å². The van der Waals surface area contributed by atoms with E-state index in [1.54, 1.807) is 18.2 Å². The van der Waals surface area contributed by atoms with Crippen molar-refractivity contribution in [2.45, 2.75) is 13.0 Å². The fraction of sp³-hybridized carbons (Fsp3) is 0.455. The molecule has 0 aliphatic rings. The number of alkyl halides is 2. The number of hydrogen-bond acceptors (Lipinski definition) is 3. The van der Waals surface area contributed by atoms with Crippen LogP contribution >= 0.6 is 15.9 Å². The van der Waals surface area contributed by atoms with Crippen LogP contribution in [0, 0.1) is 0 Å². The number of benzene rings is 1. The number of aliphatic hydroxyl groups excluding tert-OH is 1. The first-order chi connectivity index (χ1) is 8.08. The Balaban J connectivity index is 2.89. The van der Waals surface area contributed by atoms with E-state index in [-0.39, 0.29) is 13.2 Å². The molecular formula is C11H15BrF2N2O. The van der Waals surface area contributed by atoms with Crippen LogP contribution in [0.5, 0.6) is 0 Å². The quantitative estimate of drug-likeness (QED) is 0.845. The third-order valence-electron chi connectivity index (χ3n) is 2.35. The van der Waals surface area contributed by atoms with Gasteiger partial charge in [0.05, 0.1) is 13.2 Å². The molecule has 0 fully saturated rings. The minimum atomic E-state index is -2.44. The summed E-state index contributed by atoms with van der Waals surface area (Å²) in [7, 11) is 0. The molecule has 0 saturated heterocycles. The largest absolute Gasteiger partial charge is 0.395 e. The highest BCUT2D eigenvalue weighted by atomic mass is 79.9. The van der Waals surface area contributed by atoms with Crippen LogP contribution in [-0.4, -0.2) is 31.2 Å². The molecule has 6 heteroatoms. The van der Waals surface area contributed by atoms with Crippen LogP contribution in [0.2, 0.25) is 0 Å². The molecule has 0 spiro atoms. The van der Waals surface area contributed by atoms with E-state index in [4.69, 9.17) is 10.8 Å². The highest BCUT2D eigenvalue weighted by molar-refractivity contribution is 9.10. The van der Waals surface area contributed by atoms with Gasteiger partial charge in [0.2, 0.25) is 0 Å². The third-order valence-corrected chi connectivity index (χ3v) is 3.09. The molecule has 0 saturated carbocycles. The van der Waals surface area contributed by atoms with E-state index in [0.717, 1.165) is 10.0 Å². The standard InChI is InChI=1S/C11H15BrF2N2O/c12-10-5-9(2-1-8(10)6-15)16(3-4-17)7-11(13)14/h1-2,5,11,17H,3-4,6-7,15H2. The van der Waals surface area contributed by atoms with Crippen molar-refractivity contribution < 1.29 is 13.9 Å². The summed E-state index contributed by atoms with van der Waals surface area (Å²) in [6.07, 6.45) is -2.44. The van der Waals surface area contributed by atoms with E-state index < -0.39 is 13.0 Å². The van der Waals surface area contributed by atoms with Crippen LogP contribution in [-0.2, 0) is 6.54 Å². The predicted octanol–water partition coefficient (Wildman–Crippen LogP) is 1.97. The zero-order valence-electron chi connectivity index (χ0n) is 9.24. The van der Waals surface area contributed by atoms with E-state index in [0.29, 0.717) is 12.2 Å². The second-order valence-corrected chi connectivity index (χ2v) is 4.39. The smallest absolute Gasteiger partial charge is 0.255 e. The summed E-state index contributed by atoms with van der Waals surface area (Å²) in [5.74, 6) is 0. The topological polar surface area (TPSA) is 49.5 Å². The predicted molar refractivity (Wildman–Crippen MR) is 67.3 cm³/mol. The molecule has 96 valence electrons. The molecule has 0 aromatic heterocycles. The average Bonchev–Trinajstić information content (AvgIpc) is 2.28. The van der Waals surface area contributed by atoms with Crippen molar-refractivity contribution in [2.75, 3.05) is 24.6 Å². The summed E-state index contributed by atoms with van der Waals surface area (Å²) in [6.45, 7) is 0.00636. The van der Waals surface area contributed by atoms with Gasteiger partial charge in [0.1, 0.15) is 0 Å². The van der Waals surface area contributed by atoms with Crippen LogP contribution in [0.1, 0.15) is 5.56 Å². The molecule has 3 N–H and O–H groups in total. The fourth-order valence-electron chi connectivity index (χ4n) is 1.51. The molecule has 0 aliphatic heterocycles. The summed E-state index contributed by atoms with van der Waals surface area (Å²) < 4.78 is 25.6. The number of anilines is 1. The molecule has 0 amide bonds. The lowest BCUT2D eigenvalue weighted by Gasteiger charge is -2.24. The zero-order valence-corrected chi connectivity index (χ0v) is 10.8. The van der Waals surface area contributed by atoms with E-state index in [1.807, 2.05) is 0 Å². The van der Waals surface area contributed by atoms with Gasteiger partial charge in [0, 0.05) is 23.2 Å². The maximum absolute atomic E-state index is 12.4. The monoisotopic (exact) mass is 308 g/mol. The molecule has 1 aromatic carbocycles. The van der Waals surface area contributed by atoms with Gasteiger partial charge in [-0.3, -0.25) is 0 Å². The van der Waals surface area contributed by atoms with Gasteiger partial charge in [-0.1, -0.05) is 22.0 Å². The van der Waals surface area contributed by atoms with E-state index in [1.165, 1.54) is 4.90 Å². The van der Waals surface area contributed by atoms with E-state index in [2.05, 4.69) is 15.9 Å². The summed E-state index contributed by atoms with van der Waals surface area (Å²) >= 11 is 3.34. The summed E-state index contributed by atoms with van der Waals surface area (Å²) in [6, 6.07) is 5.25. The minimum Gasteiger partial charge on any atom is -0.395 e. The Kier molecular flexibility index (Phi) is 5.80. The Labute approximate surface area is 107 Å². The van der Waals surface area contributed by atoms with Gasteiger partial charge < -0.3 is 15.7 Å². The van der Waals surface area contributed by atoms with Gasteiger partial charge in [-0.2, -0.15) is 0 Å². The molecule has 0 atom stereocenters. The highest BCUT2D eigenvalue weighted by Gasteiger charge is 2.13. The number of aliphatic hydroxyl groups is 1. The van der Waals surface area contributed by atoms with Crippen molar-refractivity contribution in [3.8, 4) is 0 Å². The number of rotatable bonds is 6. The van der Waals surface area contributed by atoms with Crippen LogP contribution in [0.25, 0.3) is 0 Å². The Morgan fingerprint density at radius 3 is 2.59 bits per heavy atom. The molecule has 0 heterocycles. The first-order valence-electron chi connectivity index (χ1n) is 5.21. The lowest BCUT2D eigenvalue weighted by molar-refractivity contribution is 0.153. The van der Waals surface area contributed by atoms with Crippen molar-refractivity contribution in [3.63, 3.8) is 0 Å². The fourth-order valence-corrected chi connectivity index (χ4v) is 2.04. The summed E-state index contributed by atoms with van der Waals surface area (Å²) in [5, 5.41) is 8.86. The van der Waals surface area contributed by atoms with Gasteiger partial charge in [-0.25, -0.2) is 8.78 Å². The second-order valence-electron chi connectivity index (χ2n) is 3.54. The second kappa shape index (κ2) is 6.88. The van der Waals surface area contributed by atoms with Crippen LogP contribution in [0.15, 0.2) is 22.7 Å². The normalized spacial score (nSPS) is 10.9. The zero-order chi connectivity index (χ0) is 12.8. The van der Waals surface area contributed by atoms with Gasteiger partial charge >= 0.3 is 0 Å². The van der Waals surface area contributed by atoms with Gasteiger partial charge in [0.15, 0.2) is 0 Å². The Bertz CT molecular complexity index is 363. The SMILES string of the molecule is NCc1ccc(N(CCO)CC(F)F)cc1Br. The first-order valence-corrected chi connectivity index (χ1v) is 6.00. The average molecular weight is 309 g/mol. The van der Waals surface area contributed by atoms with Crippen LogP contribution in [0.3, 0.4) is 0 Å². The first kappa shape index (κ1) is 14.3. The van der Waals surface area contributed by atoms with Crippen molar-refractivity contribution in [1.29, 1.82) is 0 Å². The Morgan fingerprint density at radius 2 is 2.12 bits per heavy atom. The molecule has 0 unspecified atom stereocenters. The molecule has 3 nitrogen and oxygen atoms in total. The lowest BCUT2D eigenvalue weighted by atomic mass is 10.2. The van der Waals surface area contributed by atoms with Gasteiger partial charge in [0.25, 0.3) is 6.43 Å².